The number of halogens is 3. The normalized spacial score (nSPS) is 11.2. The molecule has 5 heteroatoms. The molecule has 2 aromatic rings. The Kier molecular flexibility index (Phi) is 4.40. The van der Waals surface area contributed by atoms with Gasteiger partial charge in [-0.05, 0) is 44.2 Å². The Balaban J connectivity index is 2.59. The second-order valence-electron chi connectivity index (χ2n) is 4.89. The average molecular weight is 296 g/mol. The second-order valence-corrected chi connectivity index (χ2v) is 4.89. The van der Waals surface area contributed by atoms with Crippen LogP contribution in [0.15, 0.2) is 36.4 Å². The van der Waals surface area contributed by atoms with Crippen LogP contribution in [0.2, 0.25) is 0 Å². The summed E-state index contributed by atoms with van der Waals surface area (Å²) < 4.78 is 45.1. The van der Waals surface area contributed by atoms with Crippen LogP contribution < -0.4 is 4.74 Å². The minimum atomic E-state index is -2.70. The third kappa shape index (κ3) is 3.48. The van der Waals surface area contributed by atoms with Crippen molar-refractivity contribution in [3.8, 4) is 22.6 Å². The number of benzene rings is 2. The molecule has 112 valence electrons. The number of rotatable bonds is 4. The number of hydrogen-bond acceptors (Lipinski definition) is 2. The zero-order valence-electron chi connectivity index (χ0n) is 11.6. The van der Waals surface area contributed by atoms with E-state index in [1.54, 1.807) is 13.8 Å². The maximum atomic E-state index is 14.0. The van der Waals surface area contributed by atoms with Crippen LogP contribution >= 0.6 is 0 Å². The van der Waals surface area contributed by atoms with E-state index in [-0.39, 0.29) is 28.5 Å². The van der Waals surface area contributed by atoms with Gasteiger partial charge in [-0.2, -0.15) is 0 Å². The fourth-order valence-corrected chi connectivity index (χ4v) is 1.97. The van der Waals surface area contributed by atoms with Crippen LogP contribution in [0.5, 0.6) is 11.5 Å². The second kappa shape index (κ2) is 6.08. The van der Waals surface area contributed by atoms with Gasteiger partial charge < -0.3 is 9.84 Å². The standard InChI is InChI=1S/C16H15F3O2/c1-9(2)21-15-6-4-11(20)8-13(15)12-7-10(16(18)19)3-5-14(12)17/h3-9,16,20H,1-2H3. The Labute approximate surface area is 120 Å². The molecule has 0 atom stereocenters. The Morgan fingerprint density at radius 3 is 2.33 bits per heavy atom. The molecule has 0 aliphatic rings. The minimum Gasteiger partial charge on any atom is -0.508 e. The van der Waals surface area contributed by atoms with E-state index >= 15 is 0 Å². The molecule has 0 aliphatic carbocycles. The molecule has 0 aromatic heterocycles. The van der Waals surface area contributed by atoms with Crippen molar-refractivity contribution >= 4 is 0 Å². The average Bonchev–Trinajstić information content (AvgIpc) is 2.40. The van der Waals surface area contributed by atoms with Crippen molar-refractivity contribution in [1.82, 2.24) is 0 Å². The SMILES string of the molecule is CC(C)Oc1ccc(O)cc1-c1cc(C(F)F)ccc1F. The molecule has 0 unspecified atom stereocenters. The van der Waals surface area contributed by atoms with Gasteiger partial charge in [-0.3, -0.25) is 0 Å². The summed E-state index contributed by atoms with van der Waals surface area (Å²) in [4.78, 5) is 0. The molecule has 2 nitrogen and oxygen atoms in total. The van der Waals surface area contributed by atoms with Gasteiger partial charge in [0, 0.05) is 16.7 Å². The zero-order chi connectivity index (χ0) is 15.6. The van der Waals surface area contributed by atoms with Crippen LogP contribution in [-0.4, -0.2) is 11.2 Å². The van der Waals surface area contributed by atoms with Gasteiger partial charge in [-0.1, -0.05) is 6.07 Å². The first kappa shape index (κ1) is 15.2. The molecule has 0 spiro atoms. The highest BCUT2D eigenvalue weighted by atomic mass is 19.3. The lowest BCUT2D eigenvalue weighted by molar-refractivity contribution is 0.151. The van der Waals surface area contributed by atoms with Crippen LogP contribution in [-0.2, 0) is 0 Å². The molecule has 0 amide bonds. The molecule has 0 heterocycles. The molecule has 2 aromatic carbocycles. The summed E-state index contributed by atoms with van der Waals surface area (Å²) in [6.07, 6.45) is -2.87. The number of phenols is 1. The summed E-state index contributed by atoms with van der Waals surface area (Å²) in [6.45, 7) is 3.59. The summed E-state index contributed by atoms with van der Waals surface area (Å²) in [5.74, 6) is -0.422. The molecular formula is C16H15F3O2. The van der Waals surface area contributed by atoms with Gasteiger partial charge in [0.05, 0.1) is 6.10 Å². The topological polar surface area (TPSA) is 29.5 Å². The van der Waals surface area contributed by atoms with Crippen LogP contribution in [0.25, 0.3) is 11.1 Å². The molecular weight excluding hydrogens is 281 g/mol. The largest absolute Gasteiger partial charge is 0.508 e. The van der Waals surface area contributed by atoms with Crippen LogP contribution in [0.3, 0.4) is 0 Å². The summed E-state index contributed by atoms with van der Waals surface area (Å²) in [7, 11) is 0. The number of phenolic OH excluding ortho intramolecular Hbond substituents is 1. The predicted octanol–water partition coefficient (Wildman–Crippen LogP) is 4.92. The lowest BCUT2D eigenvalue weighted by Gasteiger charge is -2.16. The fraction of sp³-hybridized carbons (Fsp3) is 0.250. The number of ether oxygens (including phenoxy) is 1. The first-order chi connectivity index (χ1) is 9.88. The quantitative estimate of drug-likeness (QED) is 0.867. The van der Waals surface area contributed by atoms with E-state index in [1.165, 1.54) is 18.2 Å². The maximum absolute atomic E-state index is 14.0. The van der Waals surface area contributed by atoms with Gasteiger partial charge >= 0.3 is 0 Å². The Bertz CT molecular complexity index is 639. The smallest absolute Gasteiger partial charge is 0.263 e. The molecule has 0 fully saturated rings. The number of aromatic hydroxyl groups is 1. The molecule has 1 N–H and O–H groups in total. The van der Waals surface area contributed by atoms with E-state index in [9.17, 15) is 18.3 Å². The summed E-state index contributed by atoms with van der Waals surface area (Å²) in [5, 5.41) is 9.58. The highest BCUT2D eigenvalue weighted by molar-refractivity contribution is 5.73. The molecule has 2 rings (SSSR count). The predicted molar refractivity (Wildman–Crippen MR) is 74.2 cm³/mol. The van der Waals surface area contributed by atoms with Crippen molar-refractivity contribution in [3.63, 3.8) is 0 Å². The number of alkyl halides is 2. The van der Waals surface area contributed by atoms with Crippen molar-refractivity contribution in [2.45, 2.75) is 26.4 Å². The van der Waals surface area contributed by atoms with E-state index in [2.05, 4.69) is 0 Å². The first-order valence-corrected chi connectivity index (χ1v) is 6.46. The van der Waals surface area contributed by atoms with E-state index in [1.807, 2.05) is 0 Å². The summed E-state index contributed by atoms with van der Waals surface area (Å²) in [5.41, 5.74) is -0.0757. The molecule has 0 bridgehead atoms. The third-order valence-corrected chi connectivity index (χ3v) is 2.86. The van der Waals surface area contributed by atoms with E-state index in [0.29, 0.717) is 5.75 Å². The van der Waals surface area contributed by atoms with Crippen molar-refractivity contribution in [2.24, 2.45) is 0 Å². The van der Waals surface area contributed by atoms with Crippen LogP contribution in [0, 0.1) is 5.82 Å². The van der Waals surface area contributed by atoms with Crippen LogP contribution in [0.1, 0.15) is 25.8 Å². The van der Waals surface area contributed by atoms with Crippen molar-refractivity contribution in [3.05, 3.63) is 47.8 Å². The minimum absolute atomic E-state index is 0.0284. The van der Waals surface area contributed by atoms with Gasteiger partial charge in [-0.15, -0.1) is 0 Å². The van der Waals surface area contributed by atoms with Crippen molar-refractivity contribution in [2.75, 3.05) is 0 Å². The highest BCUT2D eigenvalue weighted by Crippen LogP contribution is 2.37. The van der Waals surface area contributed by atoms with Gasteiger partial charge in [-0.25, -0.2) is 13.2 Å². The molecule has 0 saturated carbocycles. The van der Waals surface area contributed by atoms with Gasteiger partial charge in [0.1, 0.15) is 17.3 Å². The van der Waals surface area contributed by atoms with Crippen molar-refractivity contribution in [1.29, 1.82) is 0 Å². The molecule has 0 radical (unpaired) electrons. The van der Waals surface area contributed by atoms with Gasteiger partial charge in [0.15, 0.2) is 0 Å². The van der Waals surface area contributed by atoms with E-state index < -0.39 is 12.2 Å². The fourth-order valence-electron chi connectivity index (χ4n) is 1.97. The lowest BCUT2D eigenvalue weighted by atomic mass is 10.0. The maximum Gasteiger partial charge on any atom is 0.263 e. The monoisotopic (exact) mass is 296 g/mol. The van der Waals surface area contributed by atoms with Gasteiger partial charge in [0.2, 0.25) is 0 Å². The number of hydrogen-bond donors (Lipinski definition) is 1. The molecule has 0 saturated heterocycles. The Morgan fingerprint density at radius 1 is 1.00 bits per heavy atom. The highest BCUT2D eigenvalue weighted by Gasteiger charge is 2.16. The zero-order valence-corrected chi connectivity index (χ0v) is 11.6. The molecule has 21 heavy (non-hydrogen) atoms. The molecule has 0 aliphatic heterocycles. The summed E-state index contributed by atoms with van der Waals surface area (Å²) >= 11 is 0. The van der Waals surface area contributed by atoms with Gasteiger partial charge in [0.25, 0.3) is 6.43 Å². The Morgan fingerprint density at radius 2 is 1.71 bits per heavy atom. The van der Waals surface area contributed by atoms with E-state index in [0.717, 1.165) is 18.2 Å². The van der Waals surface area contributed by atoms with E-state index in [4.69, 9.17) is 4.74 Å². The first-order valence-electron chi connectivity index (χ1n) is 6.46. The lowest BCUT2D eigenvalue weighted by Crippen LogP contribution is -2.06. The van der Waals surface area contributed by atoms with Crippen LogP contribution in [0.4, 0.5) is 13.2 Å². The third-order valence-electron chi connectivity index (χ3n) is 2.86. The summed E-state index contributed by atoms with van der Waals surface area (Å²) in [6, 6.07) is 7.28. The Hall–Kier alpha value is -2.17. The van der Waals surface area contributed by atoms with Crippen molar-refractivity contribution < 1.29 is 23.0 Å².